The van der Waals surface area contributed by atoms with E-state index in [2.05, 4.69) is 24.2 Å². The van der Waals surface area contributed by atoms with Gasteiger partial charge in [-0.2, -0.15) is 0 Å². The Morgan fingerprint density at radius 3 is 2.82 bits per heavy atom. The Morgan fingerprint density at radius 1 is 1.47 bits per heavy atom. The van der Waals surface area contributed by atoms with Crippen LogP contribution in [0.3, 0.4) is 0 Å². The van der Waals surface area contributed by atoms with E-state index in [0.717, 1.165) is 38.3 Å². The van der Waals surface area contributed by atoms with Crippen LogP contribution in [0.2, 0.25) is 0 Å². The Morgan fingerprint density at radius 2 is 2.18 bits per heavy atom. The van der Waals surface area contributed by atoms with Gasteiger partial charge in [-0.3, -0.25) is 4.68 Å². The summed E-state index contributed by atoms with van der Waals surface area (Å²) in [5.41, 5.74) is 6.94. The molecule has 1 aliphatic heterocycles. The molecule has 2 N–H and O–H groups in total. The van der Waals surface area contributed by atoms with E-state index in [1.165, 1.54) is 0 Å². The number of nitrogens with zero attached hydrogens (tertiary/aromatic N) is 3. The Bertz CT molecular complexity index is 344. The van der Waals surface area contributed by atoms with Crippen LogP contribution in [0.4, 0.5) is 0 Å². The lowest BCUT2D eigenvalue weighted by molar-refractivity contribution is 0.0600. The molecule has 1 saturated heterocycles. The number of hydrogen-bond donors (Lipinski definition) is 1. The molecule has 1 aromatic heterocycles. The molecule has 17 heavy (non-hydrogen) atoms. The van der Waals surface area contributed by atoms with Gasteiger partial charge in [0.1, 0.15) is 0 Å². The molecule has 0 amide bonds. The molecule has 0 bridgehead atoms. The van der Waals surface area contributed by atoms with Crippen molar-refractivity contribution in [1.82, 2.24) is 15.0 Å². The topological polar surface area (TPSA) is 66.0 Å². The number of hydrogen-bond acceptors (Lipinski definition) is 4. The van der Waals surface area contributed by atoms with E-state index in [1.807, 2.05) is 10.9 Å². The summed E-state index contributed by atoms with van der Waals surface area (Å²) in [5, 5.41) is 8.32. The fraction of sp³-hybridized carbons (Fsp3) is 0.833. The first-order valence-corrected chi connectivity index (χ1v) is 6.40. The average molecular weight is 238 g/mol. The van der Waals surface area contributed by atoms with Crippen LogP contribution >= 0.6 is 0 Å². The molecule has 0 spiro atoms. The number of rotatable bonds is 4. The van der Waals surface area contributed by atoms with Crippen molar-refractivity contribution in [3.8, 4) is 0 Å². The maximum absolute atomic E-state index is 6.05. The highest BCUT2D eigenvalue weighted by Gasteiger charge is 2.17. The summed E-state index contributed by atoms with van der Waals surface area (Å²) in [6, 6.07) is -0.0153. The lowest BCUT2D eigenvalue weighted by Crippen LogP contribution is -2.20. The molecule has 1 fully saturated rings. The Kier molecular flexibility index (Phi) is 4.12. The molecule has 2 heterocycles. The molecule has 2 rings (SSSR count). The Balaban J connectivity index is 1.93. The lowest BCUT2D eigenvalue weighted by Gasteiger charge is -2.21. The molecule has 5 heteroatoms. The third-order valence-corrected chi connectivity index (χ3v) is 3.40. The highest BCUT2D eigenvalue weighted by Crippen LogP contribution is 2.19. The van der Waals surface area contributed by atoms with Crippen molar-refractivity contribution in [3.63, 3.8) is 0 Å². The number of aromatic nitrogens is 3. The van der Waals surface area contributed by atoms with Crippen molar-refractivity contribution in [2.45, 2.75) is 39.3 Å². The zero-order chi connectivity index (χ0) is 12.3. The predicted octanol–water partition coefficient (Wildman–Crippen LogP) is 1.36. The van der Waals surface area contributed by atoms with Crippen molar-refractivity contribution in [1.29, 1.82) is 0 Å². The Hall–Kier alpha value is -0.940. The lowest BCUT2D eigenvalue weighted by atomic mass is 10.0. The highest BCUT2D eigenvalue weighted by atomic mass is 16.5. The van der Waals surface area contributed by atoms with Gasteiger partial charge in [0.2, 0.25) is 0 Å². The molecule has 0 saturated carbocycles. The van der Waals surface area contributed by atoms with E-state index in [-0.39, 0.29) is 6.04 Å². The van der Waals surface area contributed by atoms with E-state index < -0.39 is 0 Å². The highest BCUT2D eigenvalue weighted by molar-refractivity contribution is 5.00. The first-order chi connectivity index (χ1) is 8.16. The van der Waals surface area contributed by atoms with Crippen LogP contribution in [-0.2, 0) is 11.3 Å². The van der Waals surface area contributed by atoms with Gasteiger partial charge in [-0.1, -0.05) is 19.1 Å². The molecule has 0 aliphatic carbocycles. The monoisotopic (exact) mass is 238 g/mol. The molecule has 1 atom stereocenters. The third kappa shape index (κ3) is 3.26. The second kappa shape index (κ2) is 5.60. The van der Waals surface area contributed by atoms with Gasteiger partial charge < -0.3 is 10.5 Å². The van der Waals surface area contributed by atoms with Crippen LogP contribution in [0.5, 0.6) is 0 Å². The van der Waals surface area contributed by atoms with Crippen molar-refractivity contribution < 1.29 is 4.74 Å². The SMILES string of the molecule is CC(C)C(N)c1cn(CC2CCOCC2)nn1. The summed E-state index contributed by atoms with van der Waals surface area (Å²) in [4.78, 5) is 0. The second-order valence-electron chi connectivity index (χ2n) is 5.19. The molecule has 0 aromatic carbocycles. The third-order valence-electron chi connectivity index (χ3n) is 3.40. The van der Waals surface area contributed by atoms with Crippen LogP contribution in [0.25, 0.3) is 0 Å². The van der Waals surface area contributed by atoms with Gasteiger partial charge in [-0.15, -0.1) is 5.10 Å². The second-order valence-corrected chi connectivity index (χ2v) is 5.19. The standard InChI is InChI=1S/C12H22N4O/c1-9(2)12(13)11-8-16(15-14-11)7-10-3-5-17-6-4-10/h8-10,12H,3-7,13H2,1-2H3. The summed E-state index contributed by atoms with van der Waals surface area (Å²) in [7, 11) is 0. The zero-order valence-corrected chi connectivity index (χ0v) is 10.7. The minimum atomic E-state index is -0.0153. The smallest absolute Gasteiger partial charge is 0.0996 e. The van der Waals surface area contributed by atoms with Crippen LogP contribution in [0, 0.1) is 11.8 Å². The van der Waals surface area contributed by atoms with Gasteiger partial charge in [0.25, 0.3) is 0 Å². The number of ether oxygens (including phenoxy) is 1. The van der Waals surface area contributed by atoms with Gasteiger partial charge in [-0.25, -0.2) is 0 Å². The van der Waals surface area contributed by atoms with Gasteiger partial charge in [0.15, 0.2) is 0 Å². The minimum absolute atomic E-state index is 0.0153. The van der Waals surface area contributed by atoms with Crippen molar-refractivity contribution >= 4 is 0 Å². The molecule has 1 unspecified atom stereocenters. The van der Waals surface area contributed by atoms with E-state index in [4.69, 9.17) is 10.5 Å². The summed E-state index contributed by atoms with van der Waals surface area (Å²) in [5.74, 6) is 1.05. The summed E-state index contributed by atoms with van der Waals surface area (Å²) >= 11 is 0. The summed E-state index contributed by atoms with van der Waals surface area (Å²) in [6.45, 7) is 6.88. The van der Waals surface area contributed by atoms with Crippen molar-refractivity contribution in [2.24, 2.45) is 17.6 Å². The molecule has 96 valence electrons. The zero-order valence-electron chi connectivity index (χ0n) is 10.7. The normalized spacial score (nSPS) is 19.8. The first kappa shape index (κ1) is 12.5. The summed E-state index contributed by atoms with van der Waals surface area (Å²) < 4.78 is 7.27. The van der Waals surface area contributed by atoms with E-state index in [1.54, 1.807) is 0 Å². The fourth-order valence-electron chi connectivity index (χ4n) is 2.09. The quantitative estimate of drug-likeness (QED) is 0.860. The molecular formula is C12H22N4O. The van der Waals surface area contributed by atoms with E-state index >= 15 is 0 Å². The molecule has 0 radical (unpaired) electrons. The largest absolute Gasteiger partial charge is 0.381 e. The van der Waals surface area contributed by atoms with Gasteiger partial charge in [0, 0.05) is 19.8 Å². The fourth-order valence-corrected chi connectivity index (χ4v) is 2.09. The predicted molar refractivity (Wildman–Crippen MR) is 65.3 cm³/mol. The van der Waals surface area contributed by atoms with Crippen LogP contribution in [-0.4, -0.2) is 28.2 Å². The Labute approximate surface area is 102 Å². The first-order valence-electron chi connectivity index (χ1n) is 6.40. The van der Waals surface area contributed by atoms with Crippen molar-refractivity contribution in [3.05, 3.63) is 11.9 Å². The van der Waals surface area contributed by atoms with E-state index in [0.29, 0.717) is 11.8 Å². The van der Waals surface area contributed by atoms with Crippen LogP contribution < -0.4 is 5.73 Å². The van der Waals surface area contributed by atoms with Crippen molar-refractivity contribution in [2.75, 3.05) is 13.2 Å². The molecule has 1 aromatic rings. The number of nitrogens with two attached hydrogens (primary N) is 1. The molecule has 5 nitrogen and oxygen atoms in total. The van der Waals surface area contributed by atoms with Gasteiger partial charge >= 0.3 is 0 Å². The van der Waals surface area contributed by atoms with Gasteiger partial charge in [0.05, 0.1) is 17.9 Å². The minimum Gasteiger partial charge on any atom is -0.381 e. The summed E-state index contributed by atoms with van der Waals surface area (Å²) in [6.07, 6.45) is 4.22. The maximum Gasteiger partial charge on any atom is 0.0996 e. The average Bonchev–Trinajstić information content (AvgIpc) is 2.77. The maximum atomic E-state index is 6.05. The van der Waals surface area contributed by atoms with Crippen LogP contribution in [0.15, 0.2) is 6.20 Å². The van der Waals surface area contributed by atoms with E-state index in [9.17, 15) is 0 Å². The molecule has 1 aliphatic rings. The molecular weight excluding hydrogens is 216 g/mol. The van der Waals surface area contributed by atoms with Gasteiger partial charge in [-0.05, 0) is 24.7 Å². The van der Waals surface area contributed by atoms with Crippen LogP contribution in [0.1, 0.15) is 38.4 Å².